The minimum absolute atomic E-state index is 0.0577. The van der Waals surface area contributed by atoms with Crippen molar-refractivity contribution < 1.29 is 13.9 Å². The van der Waals surface area contributed by atoms with Crippen LogP contribution in [0.4, 0.5) is 0 Å². The van der Waals surface area contributed by atoms with Crippen LogP contribution in [-0.4, -0.2) is 29.3 Å². The van der Waals surface area contributed by atoms with E-state index >= 15 is 0 Å². The summed E-state index contributed by atoms with van der Waals surface area (Å²) in [6.07, 6.45) is 4.23. The van der Waals surface area contributed by atoms with Crippen molar-refractivity contribution >= 4 is 5.91 Å². The van der Waals surface area contributed by atoms with Crippen molar-refractivity contribution in [1.82, 2.24) is 15.5 Å². The molecule has 1 aliphatic carbocycles. The van der Waals surface area contributed by atoms with E-state index in [0.29, 0.717) is 37.8 Å². The molecule has 1 heterocycles. The zero-order valence-electron chi connectivity index (χ0n) is 16.6. The molecule has 6 nitrogen and oxygen atoms in total. The SMILES string of the molecule is Cc1ccc(-c2nnc(CCC(=O)NCCOc3ccc4c(c3)CCC4)o2)cc1. The van der Waals surface area contributed by atoms with Gasteiger partial charge in [-0.3, -0.25) is 4.79 Å². The lowest BCUT2D eigenvalue weighted by Gasteiger charge is -2.09. The lowest BCUT2D eigenvalue weighted by atomic mass is 10.1. The van der Waals surface area contributed by atoms with Crippen molar-refractivity contribution in [3.63, 3.8) is 0 Å². The molecular weight excluding hydrogens is 366 g/mol. The lowest BCUT2D eigenvalue weighted by molar-refractivity contribution is -0.121. The summed E-state index contributed by atoms with van der Waals surface area (Å²) >= 11 is 0. The Morgan fingerprint density at radius 3 is 2.79 bits per heavy atom. The maximum absolute atomic E-state index is 12.0. The van der Waals surface area contributed by atoms with Crippen LogP contribution in [0.25, 0.3) is 11.5 Å². The van der Waals surface area contributed by atoms with E-state index < -0.39 is 0 Å². The number of aryl methyl sites for hydroxylation is 4. The van der Waals surface area contributed by atoms with E-state index in [1.54, 1.807) is 0 Å². The number of benzene rings is 2. The largest absolute Gasteiger partial charge is 0.492 e. The Hall–Kier alpha value is -3.15. The second-order valence-electron chi connectivity index (χ2n) is 7.35. The molecule has 0 radical (unpaired) electrons. The monoisotopic (exact) mass is 391 g/mol. The molecule has 29 heavy (non-hydrogen) atoms. The molecule has 150 valence electrons. The number of nitrogens with zero attached hydrogens (tertiary/aromatic N) is 2. The second-order valence-corrected chi connectivity index (χ2v) is 7.35. The highest BCUT2D eigenvalue weighted by Gasteiger charge is 2.12. The van der Waals surface area contributed by atoms with E-state index in [1.165, 1.54) is 23.1 Å². The Morgan fingerprint density at radius 1 is 1.10 bits per heavy atom. The molecule has 2 aromatic carbocycles. The molecular formula is C23H25N3O3. The van der Waals surface area contributed by atoms with Gasteiger partial charge in [0.2, 0.25) is 17.7 Å². The van der Waals surface area contributed by atoms with Crippen LogP contribution in [0.3, 0.4) is 0 Å². The van der Waals surface area contributed by atoms with Gasteiger partial charge in [-0.15, -0.1) is 10.2 Å². The third-order valence-corrected chi connectivity index (χ3v) is 5.09. The number of ether oxygens (including phenoxy) is 1. The highest BCUT2D eigenvalue weighted by Crippen LogP contribution is 2.26. The Bertz CT molecular complexity index is 979. The van der Waals surface area contributed by atoms with Gasteiger partial charge >= 0.3 is 0 Å². The second kappa shape index (κ2) is 8.90. The molecule has 1 aromatic heterocycles. The average Bonchev–Trinajstić information content (AvgIpc) is 3.39. The average molecular weight is 391 g/mol. The summed E-state index contributed by atoms with van der Waals surface area (Å²) in [5.41, 5.74) is 4.86. The van der Waals surface area contributed by atoms with Crippen LogP contribution in [0.5, 0.6) is 5.75 Å². The first-order valence-corrected chi connectivity index (χ1v) is 10.1. The molecule has 0 bridgehead atoms. The number of hydrogen-bond donors (Lipinski definition) is 1. The minimum atomic E-state index is -0.0577. The summed E-state index contributed by atoms with van der Waals surface area (Å²) < 4.78 is 11.4. The number of fused-ring (bicyclic) bond motifs is 1. The third kappa shape index (κ3) is 5.02. The van der Waals surface area contributed by atoms with E-state index in [-0.39, 0.29) is 5.91 Å². The van der Waals surface area contributed by atoms with Gasteiger partial charge in [0.25, 0.3) is 0 Å². The van der Waals surface area contributed by atoms with Crippen LogP contribution in [0.15, 0.2) is 46.9 Å². The Morgan fingerprint density at radius 2 is 1.93 bits per heavy atom. The summed E-state index contributed by atoms with van der Waals surface area (Å²) in [5, 5.41) is 11.0. The van der Waals surface area contributed by atoms with Gasteiger partial charge in [-0.1, -0.05) is 23.8 Å². The summed E-state index contributed by atoms with van der Waals surface area (Å²) in [5.74, 6) is 1.75. The first-order chi connectivity index (χ1) is 14.2. The van der Waals surface area contributed by atoms with Crippen molar-refractivity contribution in [2.24, 2.45) is 0 Å². The Balaban J connectivity index is 1.17. The zero-order chi connectivity index (χ0) is 20.1. The van der Waals surface area contributed by atoms with E-state index in [9.17, 15) is 4.79 Å². The van der Waals surface area contributed by atoms with Crippen LogP contribution < -0.4 is 10.1 Å². The molecule has 0 spiro atoms. The van der Waals surface area contributed by atoms with Crippen LogP contribution in [0, 0.1) is 6.92 Å². The maximum Gasteiger partial charge on any atom is 0.247 e. The van der Waals surface area contributed by atoms with Gasteiger partial charge in [0.15, 0.2) is 0 Å². The molecule has 0 unspecified atom stereocenters. The summed E-state index contributed by atoms with van der Waals surface area (Å²) in [6, 6.07) is 14.2. The summed E-state index contributed by atoms with van der Waals surface area (Å²) in [4.78, 5) is 12.0. The maximum atomic E-state index is 12.0. The highest BCUT2D eigenvalue weighted by atomic mass is 16.5. The molecule has 1 amide bonds. The molecule has 3 aromatic rings. The first kappa shape index (κ1) is 19.2. The zero-order valence-corrected chi connectivity index (χ0v) is 16.6. The smallest absolute Gasteiger partial charge is 0.247 e. The topological polar surface area (TPSA) is 77.2 Å². The quantitative estimate of drug-likeness (QED) is 0.593. The van der Waals surface area contributed by atoms with Crippen LogP contribution >= 0.6 is 0 Å². The molecule has 0 fully saturated rings. The first-order valence-electron chi connectivity index (χ1n) is 10.1. The highest BCUT2D eigenvalue weighted by molar-refractivity contribution is 5.76. The molecule has 6 heteroatoms. The van der Waals surface area contributed by atoms with Crippen molar-refractivity contribution in [3.05, 3.63) is 65.0 Å². The predicted octanol–water partition coefficient (Wildman–Crippen LogP) is 3.66. The number of amides is 1. The third-order valence-electron chi connectivity index (χ3n) is 5.09. The van der Waals surface area contributed by atoms with E-state index in [1.807, 2.05) is 37.3 Å². The molecule has 0 atom stereocenters. The molecule has 1 N–H and O–H groups in total. The fourth-order valence-electron chi connectivity index (χ4n) is 3.47. The fourth-order valence-corrected chi connectivity index (χ4v) is 3.47. The predicted molar refractivity (Wildman–Crippen MR) is 110 cm³/mol. The number of rotatable bonds is 8. The lowest BCUT2D eigenvalue weighted by Crippen LogP contribution is -2.28. The van der Waals surface area contributed by atoms with Crippen LogP contribution in [-0.2, 0) is 24.1 Å². The molecule has 0 saturated heterocycles. The van der Waals surface area contributed by atoms with Gasteiger partial charge in [-0.25, -0.2) is 0 Å². The van der Waals surface area contributed by atoms with Gasteiger partial charge in [0.1, 0.15) is 12.4 Å². The minimum Gasteiger partial charge on any atom is -0.492 e. The van der Waals surface area contributed by atoms with Crippen molar-refractivity contribution in [1.29, 1.82) is 0 Å². The van der Waals surface area contributed by atoms with E-state index in [0.717, 1.165) is 24.2 Å². The van der Waals surface area contributed by atoms with Gasteiger partial charge in [-0.05, 0) is 61.6 Å². The van der Waals surface area contributed by atoms with Crippen molar-refractivity contribution in [3.8, 4) is 17.2 Å². The van der Waals surface area contributed by atoms with Crippen LogP contribution in [0.2, 0.25) is 0 Å². The normalized spacial score (nSPS) is 12.6. The van der Waals surface area contributed by atoms with Crippen molar-refractivity contribution in [2.75, 3.05) is 13.2 Å². The number of aromatic nitrogens is 2. The molecule has 1 aliphatic rings. The van der Waals surface area contributed by atoms with Gasteiger partial charge in [0.05, 0.1) is 6.54 Å². The standard InChI is InChI=1S/C23H25N3O3/c1-16-5-7-18(8-6-16)23-26-25-22(29-23)12-11-21(27)24-13-14-28-20-10-9-17-3-2-4-19(17)15-20/h5-10,15H,2-4,11-14H2,1H3,(H,24,27). The number of carbonyl (C=O) groups is 1. The number of nitrogens with one attached hydrogen (secondary N) is 1. The van der Waals surface area contributed by atoms with Gasteiger partial charge in [0, 0.05) is 18.4 Å². The van der Waals surface area contributed by atoms with E-state index in [2.05, 4.69) is 27.6 Å². The Kier molecular flexibility index (Phi) is 5.89. The number of hydrogen-bond acceptors (Lipinski definition) is 5. The summed E-state index contributed by atoms with van der Waals surface area (Å²) in [7, 11) is 0. The van der Waals surface area contributed by atoms with Crippen LogP contribution in [0.1, 0.15) is 35.4 Å². The molecule has 4 rings (SSSR count). The number of carbonyl (C=O) groups excluding carboxylic acids is 1. The molecule has 0 aliphatic heterocycles. The summed E-state index contributed by atoms with van der Waals surface area (Å²) in [6.45, 7) is 2.94. The molecule has 0 saturated carbocycles. The van der Waals surface area contributed by atoms with Gasteiger partial charge in [-0.2, -0.15) is 0 Å². The van der Waals surface area contributed by atoms with Gasteiger partial charge < -0.3 is 14.5 Å². The fraction of sp³-hybridized carbons (Fsp3) is 0.348. The van der Waals surface area contributed by atoms with E-state index in [4.69, 9.17) is 9.15 Å². The Labute approximate surface area is 170 Å². The van der Waals surface area contributed by atoms with Crippen molar-refractivity contribution in [2.45, 2.75) is 39.0 Å².